The average molecular weight is 275 g/mol. The van der Waals surface area contributed by atoms with E-state index >= 15 is 0 Å². The van der Waals surface area contributed by atoms with Crippen LogP contribution in [-0.4, -0.2) is 19.7 Å². The minimum atomic E-state index is 0.768. The van der Waals surface area contributed by atoms with E-state index in [-0.39, 0.29) is 0 Å². The Morgan fingerprint density at radius 1 is 1.05 bits per heavy atom. The number of hydrogen-bond donors (Lipinski definition) is 1. The molecule has 2 rings (SSSR count). The van der Waals surface area contributed by atoms with E-state index in [2.05, 4.69) is 36.5 Å². The van der Waals surface area contributed by atoms with Crippen LogP contribution in [-0.2, 0) is 17.8 Å². The van der Waals surface area contributed by atoms with Crippen LogP contribution in [0.3, 0.4) is 0 Å². The van der Waals surface area contributed by atoms with Crippen LogP contribution >= 0.6 is 0 Å². The molecule has 1 aliphatic carbocycles. The number of likely N-dealkylation sites (N-methyl/N-ethyl adjacent to an activating group) is 1. The molecule has 0 bridgehead atoms. The van der Waals surface area contributed by atoms with Crippen molar-refractivity contribution in [3.63, 3.8) is 0 Å². The number of benzene rings is 1. The van der Waals surface area contributed by atoms with Crippen molar-refractivity contribution in [2.24, 2.45) is 5.92 Å². The van der Waals surface area contributed by atoms with Crippen molar-refractivity contribution in [2.45, 2.75) is 52.1 Å². The van der Waals surface area contributed by atoms with Gasteiger partial charge in [-0.15, -0.1) is 0 Å². The Kier molecular flexibility index (Phi) is 7.10. The third-order valence-corrected chi connectivity index (χ3v) is 4.21. The van der Waals surface area contributed by atoms with Gasteiger partial charge < -0.3 is 10.1 Å². The zero-order valence-corrected chi connectivity index (χ0v) is 12.9. The first-order chi connectivity index (χ1) is 9.88. The minimum Gasteiger partial charge on any atom is -0.376 e. The molecule has 2 heteroatoms. The summed E-state index contributed by atoms with van der Waals surface area (Å²) in [5.74, 6) is 0.808. The van der Waals surface area contributed by atoms with E-state index in [1.807, 2.05) is 0 Å². The Bertz CT molecular complexity index is 354. The van der Waals surface area contributed by atoms with Crippen LogP contribution in [0.4, 0.5) is 0 Å². The molecule has 2 nitrogen and oxygen atoms in total. The van der Waals surface area contributed by atoms with Crippen LogP contribution in [0.5, 0.6) is 0 Å². The molecule has 0 aliphatic heterocycles. The summed E-state index contributed by atoms with van der Waals surface area (Å²) in [6.45, 7) is 5.97. The Balaban J connectivity index is 1.65. The third-order valence-electron chi connectivity index (χ3n) is 4.21. The Labute approximate surface area is 123 Å². The zero-order valence-electron chi connectivity index (χ0n) is 12.9. The van der Waals surface area contributed by atoms with E-state index in [1.165, 1.54) is 43.2 Å². The molecule has 0 spiro atoms. The van der Waals surface area contributed by atoms with E-state index in [9.17, 15) is 0 Å². The topological polar surface area (TPSA) is 21.3 Å². The van der Waals surface area contributed by atoms with Gasteiger partial charge in [-0.1, -0.05) is 50.5 Å². The van der Waals surface area contributed by atoms with E-state index in [0.29, 0.717) is 0 Å². The lowest BCUT2D eigenvalue weighted by Crippen LogP contribution is -2.16. The Hall–Kier alpha value is -0.860. The quantitative estimate of drug-likeness (QED) is 0.726. The van der Waals surface area contributed by atoms with Crippen molar-refractivity contribution in [2.75, 3.05) is 19.7 Å². The second-order valence-corrected chi connectivity index (χ2v) is 5.94. The van der Waals surface area contributed by atoms with Crippen LogP contribution in [0.15, 0.2) is 24.3 Å². The molecule has 0 unspecified atom stereocenters. The first-order valence-corrected chi connectivity index (χ1v) is 8.24. The van der Waals surface area contributed by atoms with Crippen molar-refractivity contribution in [1.29, 1.82) is 0 Å². The highest BCUT2D eigenvalue weighted by molar-refractivity contribution is 5.22. The second kappa shape index (κ2) is 9.15. The van der Waals surface area contributed by atoms with E-state index in [0.717, 1.165) is 38.6 Å². The molecular weight excluding hydrogens is 246 g/mol. The van der Waals surface area contributed by atoms with E-state index in [1.54, 1.807) is 0 Å². The first-order valence-electron chi connectivity index (χ1n) is 8.24. The van der Waals surface area contributed by atoms with E-state index in [4.69, 9.17) is 4.74 Å². The van der Waals surface area contributed by atoms with Gasteiger partial charge in [0.1, 0.15) is 0 Å². The standard InChI is InChI=1S/C18H29NO/c1-2-19-13-12-16-8-10-18(11-9-16)15-20-14-17-6-4-3-5-7-17/h8-11,17,19H,2-7,12-15H2,1H3. The maximum absolute atomic E-state index is 5.89. The van der Waals surface area contributed by atoms with Gasteiger partial charge in [0.2, 0.25) is 0 Å². The lowest BCUT2D eigenvalue weighted by Gasteiger charge is -2.21. The van der Waals surface area contributed by atoms with Gasteiger partial charge in [0, 0.05) is 6.61 Å². The van der Waals surface area contributed by atoms with Gasteiger partial charge >= 0.3 is 0 Å². The maximum atomic E-state index is 5.89. The van der Waals surface area contributed by atoms with Gasteiger partial charge in [-0.05, 0) is 49.4 Å². The highest BCUT2D eigenvalue weighted by Crippen LogP contribution is 2.23. The fraction of sp³-hybridized carbons (Fsp3) is 0.667. The number of rotatable bonds is 8. The van der Waals surface area contributed by atoms with Gasteiger partial charge in [0.15, 0.2) is 0 Å². The smallest absolute Gasteiger partial charge is 0.0717 e. The highest BCUT2D eigenvalue weighted by Gasteiger charge is 2.13. The summed E-state index contributed by atoms with van der Waals surface area (Å²) in [4.78, 5) is 0. The van der Waals surface area contributed by atoms with Crippen molar-refractivity contribution < 1.29 is 4.74 Å². The van der Waals surface area contributed by atoms with Crippen molar-refractivity contribution in [1.82, 2.24) is 5.32 Å². The van der Waals surface area contributed by atoms with Crippen LogP contribution in [0.25, 0.3) is 0 Å². The van der Waals surface area contributed by atoms with Gasteiger partial charge in [-0.2, -0.15) is 0 Å². The highest BCUT2D eigenvalue weighted by atomic mass is 16.5. The summed E-state index contributed by atoms with van der Waals surface area (Å²) in [7, 11) is 0. The van der Waals surface area contributed by atoms with Crippen molar-refractivity contribution in [3.8, 4) is 0 Å². The molecule has 0 atom stereocenters. The molecule has 0 saturated heterocycles. The zero-order chi connectivity index (χ0) is 14.0. The maximum Gasteiger partial charge on any atom is 0.0717 e. The molecule has 1 saturated carbocycles. The molecular formula is C18H29NO. The Morgan fingerprint density at radius 2 is 1.75 bits per heavy atom. The molecule has 112 valence electrons. The minimum absolute atomic E-state index is 0.768. The van der Waals surface area contributed by atoms with Gasteiger partial charge in [-0.3, -0.25) is 0 Å². The number of nitrogens with one attached hydrogen (secondary N) is 1. The SMILES string of the molecule is CCNCCc1ccc(COCC2CCCCC2)cc1. The molecule has 1 aromatic carbocycles. The summed E-state index contributed by atoms with van der Waals surface area (Å²) in [5.41, 5.74) is 2.70. The van der Waals surface area contributed by atoms with Crippen LogP contribution < -0.4 is 5.32 Å². The lowest BCUT2D eigenvalue weighted by molar-refractivity contribution is 0.0739. The normalized spacial score (nSPS) is 16.4. The molecule has 20 heavy (non-hydrogen) atoms. The summed E-state index contributed by atoms with van der Waals surface area (Å²) in [6.07, 6.45) is 8.05. The number of hydrogen-bond acceptors (Lipinski definition) is 2. The predicted octanol–water partition coefficient (Wildman–Crippen LogP) is 3.94. The molecule has 0 heterocycles. The fourth-order valence-electron chi connectivity index (χ4n) is 2.91. The monoisotopic (exact) mass is 275 g/mol. The van der Waals surface area contributed by atoms with Crippen molar-refractivity contribution >= 4 is 0 Å². The number of ether oxygens (including phenoxy) is 1. The molecule has 0 radical (unpaired) electrons. The average Bonchev–Trinajstić information content (AvgIpc) is 2.50. The van der Waals surface area contributed by atoms with Crippen molar-refractivity contribution in [3.05, 3.63) is 35.4 Å². The van der Waals surface area contributed by atoms with E-state index < -0.39 is 0 Å². The lowest BCUT2D eigenvalue weighted by atomic mass is 9.90. The van der Waals surface area contributed by atoms with Gasteiger partial charge in [0.25, 0.3) is 0 Å². The van der Waals surface area contributed by atoms with Crippen LogP contribution in [0.2, 0.25) is 0 Å². The van der Waals surface area contributed by atoms with Gasteiger partial charge in [0.05, 0.1) is 6.61 Å². The van der Waals surface area contributed by atoms with Crippen LogP contribution in [0.1, 0.15) is 50.2 Å². The predicted molar refractivity (Wildman–Crippen MR) is 84.9 cm³/mol. The molecule has 0 amide bonds. The van der Waals surface area contributed by atoms with Gasteiger partial charge in [-0.25, -0.2) is 0 Å². The second-order valence-electron chi connectivity index (χ2n) is 5.94. The summed E-state index contributed by atoms with van der Waals surface area (Å²) in [5, 5.41) is 3.36. The molecule has 1 aliphatic rings. The fourth-order valence-corrected chi connectivity index (χ4v) is 2.91. The molecule has 1 N–H and O–H groups in total. The largest absolute Gasteiger partial charge is 0.376 e. The summed E-state index contributed by atoms with van der Waals surface area (Å²) in [6, 6.07) is 8.89. The third kappa shape index (κ3) is 5.64. The molecule has 0 aromatic heterocycles. The molecule has 1 fully saturated rings. The molecule has 1 aromatic rings. The Morgan fingerprint density at radius 3 is 2.45 bits per heavy atom. The van der Waals surface area contributed by atoms with Crippen LogP contribution in [0, 0.1) is 5.92 Å². The summed E-state index contributed by atoms with van der Waals surface area (Å²) >= 11 is 0. The first kappa shape index (κ1) is 15.5. The summed E-state index contributed by atoms with van der Waals surface area (Å²) < 4.78 is 5.89.